The maximum atomic E-state index is 12.2. The highest BCUT2D eigenvalue weighted by Crippen LogP contribution is 2.22. The van der Waals surface area contributed by atoms with Gasteiger partial charge in [-0.25, -0.2) is 4.98 Å². The minimum Gasteiger partial charge on any atom is -0.398 e. The number of nitrogens with zero attached hydrogens (tertiary/aromatic N) is 1. The molecule has 1 aromatic heterocycles. The molecule has 22 heavy (non-hydrogen) atoms. The van der Waals surface area contributed by atoms with Gasteiger partial charge in [0.15, 0.2) is 5.78 Å². The molecule has 0 fully saturated rings. The summed E-state index contributed by atoms with van der Waals surface area (Å²) < 4.78 is 0. The van der Waals surface area contributed by atoms with Crippen molar-refractivity contribution in [1.82, 2.24) is 4.98 Å². The molecule has 0 bridgehead atoms. The molecule has 5 nitrogen and oxygen atoms in total. The Hall–Kier alpha value is -2.40. The Labute approximate surface area is 134 Å². The molecule has 0 atom stereocenters. The second-order valence-electron chi connectivity index (χ2n) is 4.13. The minimum absolute atomic E-state index is 0.0331. The average molecular weight is 320 g/mol. The van der Waals surface area contributed by atoms with Gasteiger partial charge in [0.05, 0.1) is 5.56 Å². The molecular formula is C16H18ClN3O2. The first-order valence-electron chi connectivity index (χ1n) is 6.82. The number of rotatable bonds is 3. The number of hydrogen-bond donors (Lipinski definition) is 2. The van der Waals surface area contributed by atoms with Crippen LogP contribution in [0.4, 0.5) is 11.4 Å². The van der Waals surface area contributed by atoms with Crippen LogP contribution in [0.15, 0.2) is 36.4 Å². The fraction of sp³-hybridized carbons (Fsp3) is 0.188. The molecule has 1 aromatic carbocycles. The number of nitrogens with two attached hydrogens (primary N) is 1. The van der Waals surface area contributed by atoms with Crippen LogP contribution in [-0.2, 0) is 0 Å². The Balaban J connectivity index is 0.00000116. The molecule has 0 spiro atoms. The van der Waals surface area contributed by atoms with Gasteiger partial charge in [0.1, 0.15) is 10.8 Å². The van der Waals surface area contributed by atoms with E-state index in [1.165, 1.54) is 13.0 Å². The highest BCUT2D eigenvalue weighted by molar-refractivity contribution is 6.30. The number of carbonyl (C=O) groups excluding carboxylic acids is 2. The maximum Gasteiger partial charge on any atom is 0.260 e. The van der Waals surface area contributed by atoms with Crippen LogP contribution in [0.3, 0.4) is 0 Å². The van der Waals surface area contributed by atoms with E-state index in [4.69, 9.17) is 17.3 Å². The van der Waals surface area contributed by atoms with Crippen LogP contribution in [0.2, 0.25) is 5.15 Å². The quantitative estimate of drug-likeness (QED) is 0.665. The number of amides is 1. The van der Waals surface area contributed by atoms with Gasteiger partial charge in [-0.05, 0) is 18.2 Å². The molecule has 1 amide bonds. The number of Topliss-reactive ketones (excluding diaryl/α,β-unsaturated/α-hetero) is 1. The molecule has 0 unspecified atom stereocenters. The number of para-hydroxylation sites is 1. The number of carbonyl (C=O) groups is 2. The molecule has 2 rings (SSSR count). The molecule has 0 aliphatic rings. The van der Waals surface area contributed by atoms with Gasteiger partial charge >= 0.3 is 0 Å². The Morgan fingerprint density at radius 3 is 2.32 bits per heavy atom. The van der Waals surface area contributed by atoms with Gasteiger partial charge in [-0.1, -0.05) is 43.6 Å². The van der Waals surface area contributed by atoms with Gasteiger partial charge in [-0.3, -0.25) is 9.59 Å². The molecule has 6 heteroatoms. The van der Waals surface area contributed by atoms with E-state index in [1.54, 1.807) is 24.3 Å². The van der Waals surface area contributed by atoms with Gasteiger partial charge < -0.3 is 11.1 Å². The second kappa shape index (κ2) is 8.14. The Morgan fingerprint density at radius 2 is 1.77 bits per heavy atom. The van der Waals surface area contributed by atoms with Crippen molar-refractivity contribution in [3.63, 3.8) is 0 Å². The van der Waals surface area contributed by atoms with Crippen molar-refractivity contribution < 1.29 is 9.59 Å². The molecule has 116 valence electrons. The highest BCUT2D eigenvalue weighted by atomic mass is 35.5. The number of aromatic nitrogens is 1. The van der Waals surface area contributed by atoms with Crippen LogP contribution < -0.4 is 11.1 Å². The molecule has 0 aliphatic carbocycles. The Bertz CT molecular complexity index is 673. The predicted octanol–water partition coefficient (Wildman–Crippen LogP) is 3.80. The lowest BCUT2D eigenvalue weighted by atomic mass is 10.1. The smallest absolute Gasteiger partial charge is 0.260 e. The molecule has 0 saturated heterocycles. The monoisotopic (exact) mass is 319 g/mol. The predicted molar refractivity (Wildman–Crippen MR) is 89.4 cm³/mol. The second-order valence-corrected chi connectivity index (χ2v) is 4.52. The van der Waals surface area contributed by atoms with E-state index in [1.807, 2.05) is 19.9 Å². The summed E-state index contributed by atoms with van der Waals surface area (Å²) in [5, 5.41) is 2.73. The van der Waals surface area contributed by atoms with Crippen LogP contribution in [0, 0.1) is 0 Å². The van der Waals surface area contributed by atoms with Crippen LogP contribution in [0.25, 0.3) is 0 Å². The number of ketones is 1. The first-order valence-corrected chi connectivity index (χ1v) is 7.20. The van der Waals surface area contributed by atoms with Crippen molar-refractivity contribution in [2.75, 3.05) is 11.1 Å². The van der Waals surface area contributed by atoms with Gasteiger partial charge in [0.25, 0.3) is 5.91 Å². The Morgan fingerprint density at radius 1 is 1.18 bits per heavy atom. The van der Waals surface area contributed by atoms with E-state index >= 15 is 0 Å². The zero-order valence-electron chi connectivity index (χ0n) is 12.7. The molecular weight excluding hydrogens is 302 g/mol. The maximum absolute atomic E-state index is 12.2. The summed E-state index contributed by atoms with van der Waals surface area (Å²) in [4.78, 5) is 27.7. The largest absolute Gasteiger partial charge is 0.398 e. The lowest BCUT2D eigenvalue weighted by molar-refractivity contribution is 0.0982. The number of anilines is 2. The number of nitrogens with one attached hydrogen (secondary N) is 1. The van der Waals surface area contributed by atoms with E-state index < -0.39 is 5.91 Å². The Kier molecular flexibility index (Phi) is 6.53. The summed E-state index contributed by atoms with van der Waals surface area (Å²) in [6.45, 7) is 5.30. The lowest BCUT2D eigenvalue weighted by Crippen LogP contribution is -2.19. The third-order valence-corrected chi connectivity index (χ3v) is 2.80. The van der Waals surface area contributed by atoms with Crippen LogP contribution >= 0.6 is 11.6 Å². The molecule has 0 radical (unpaired) electrons. The number of nitrogen functional groups attached to an aromatic ring is 1. The SMILES string of the molecule is CC.CC(=O)c1nc(Cl)cc(N)c1C(=O)Nc1ccccc1. The van der Waals surface area contributed by atoms with Crippen molar-refractivity contribution in [3.8, 4) is 0 Å². The molecule has 0 saturated carbocycles. The summed E-state index contributed by atoms with van der Waals surface area (Å²) >= 11 is 5.76. The normalized spacial score (nSPS) is 9.45. The number of pyridine rings is 1. The highest BCUT2D eigenvalue weighted by Gasteiger charge is 2.20. The van der Waals surface area contributed by atoms with Gasteiger partial charge in [-0.2, -0.15) is 0 Å². The van der Waals surface area contributed by atoms with Crippen LogP contribution in [-0.4, -0.2) is 16.7 Å². The molecule has 0 aliphatic heterocycles. The summed E-state index contributed by atoms with van der Waals surface area (Å²) in [6, 6.07) is 10.2. The fourth-order valence-electron chi connectivity index (χ4n) is 1.74. The third-order valence-electron chi connectivity index (χ3n) is 2.61. The van der Waals surface area contributed by atoms with E-state index in [2.05, 4.69) is 10.3 Å². The van der Waals surface area contributed by atoms with Crippen molar-refractivity contribution in [2.45, 2.75) is 20.8 Å². The van der Waals surface area contributed by atoms with Crippen LogP contribution in [0.5, 0.6) is 0 Å². The average Bonchev–Trinajstić information content (AvgIpc) is 2.49. The number of hydrogen-bond acceptors (Lipinski definition) is 4. The minimum atomic E-state index is -0.497. The molecule has 3 N–H and O–H groups in total. The van der Waals surface area contributed by atoms with E-state index in [9.17, 15) is 9.59 Å². The number of halogens is 1. The van der Waals surface area contributed by atoms with E-state index in [0.717, 1.165) is 0 Å². The van der Waals surface area contributed by atoms with E-state index in [0.29, 0.717) is 5.69 Å². The van der Waals surface area contributed by atoms with Gasteiger partial charge in [-0.15, -0.1) is 0 Å². The fourth-order valence-corrected chi connectivity index (χ4v) is 1.94. The zero-order chi connectivity index (χ0) is 16.7. The standard InChI is InChI=1S/C14H12ClN3O2.C2H6/c1-8(19)13-12(10(16)7-11(15)18-13)14(20)17-9-5-3-2-4-6-9;1-2/h2-7H,1H3,(H2,16,18)(H,17,20);1-2H3. The van der Waals surface area contributed by atoms with Crippen LogP contribution in [0.1, 0.15) is 41.6 Å². The zero-order valence-corrected chi connectivity index (χ0v) is 13.4. The molecule has 2 aromatic rings. The summed E-state index contributed by atoms with van der Waals surface area (Å²) in [5.74, 6) is -0.875. The van der Waals surface area contributed by atoms with Gasteiger partial charge in [0, 0.05) is 18.3 Å². The van der Waals surface area contributed by atoms with Gasteiger partial charge in [0.2, 0.25) is 0 Å². The number of benzene rings is 1. The van der Waals surface area contributed by atoms with E-state index in [-0.39, 0.29) is 27.9 Å². The lowest BCUT2D eigenvalue weighted by Gasteiger charge is -2.10. The van der Waals surface area contributed by atoms with Crippen molar-refractivity contribution in [1.29, 1.82) is 0 Å². The molecule has 1 heterocycles. The van der Waals surface area contributed by atoms with Crippen molar-refractivity contribution in [2.24, 2.45) is 0 Å². The van der Waals surface area contributed by atoms with Crippen molar-refractivity contribution >= 4 is 34.7 Å². The van der Waals surface area contributed by atoms with Crippen molar-refractivity contribution in [3.05, 3.63) is 52.8 Å². The third kappa shape index (κ3) is 4.30. The summed E-state index contributed by atoms with van der Waals surface area (Å²) in [7, 11) is 0. The first kappa shape index (κ1) is 17.7. The summed E-state index contributed by atoms with van der Waals surface area (Å²) in [6.07, 6.45) is 0. The topological polar surface area (TPSA) is 85.1 Å². The summed E-state index contributed by atoms with van der Waals surface area (Å²) in [5.41, 5.74) is 6.48. The first-order chi connectivity index (χ1) is 10.5.